The molecule has 0 aliphatic rings. The third-order valence-corrected chi connectivity index (χ3v) is 1.59. The lowest BCUT2D eigenvalue weighted by Crippen LogP contribution is -2.03. The fourth-order valence-electron chi connectivity index (χ4n) is 0.661. The van der Waals surface area contributed by atoms with Crippen molar-refractivity contribution >= 4 is 21.5 Å². The molecule has 3 heteroatoms. The molecule has 0 heterocycles. The average Bonchev–Trinajstić information content (AvgIpc) is 2.05. The first-order valence-electron chi connectivity index (χ1n) is 2.89. The fraction of sp³-hybridized carbons (Fsp3) is 0. The Morgan fingerprint density at radius 2 is 1.90 bits per heavy atom. The molecular formula is C7H8NOP. The summed E-state index contributed by atoms with van der Waals surface area (Å²) in [4.78, 5) is 10.2. The summed E-state index contributed by atoms with van der Waals surface area (Å²) in [7, 11) is 2.31. The largest absolute Gasteiger partial charge is 0.300 e. The summed E-state index contributed by atoms with van der Waals surface area (Å²) in [5, 5.41) is 0. The summed E-state index contributed by atoms with van der Waals surface area (Å²) in [6, 6.07) is 9.40. The molecule has 1 unspecified atom stereocenters. The van der Waals surface area contributed by atoms with Crippen LogP contribution in [0.5, 0.6) is 0 Å². The van der Waals surface area contributed by atoms with Crippen molar-refractivity contribution < 1.29 is 4.79 Å². The number of anilines is 1. The molecule has 0 N–H and O–H groups in total. The Labute approximate surface area is 62.1 Å². The maximum atomic E-state index is 10.2. The van der Waals surface area contributed by atoms with Gasteiger partial charge in [0.25, 0.3) is 0 Å². The molecule has 0 saturated carbocycles. The minimum Gasteiger partial charge on any atom is -0.300 e. The van der Waals surface area contributed by atoms with Gasteiger partial charge in [-0.2, -0.15) is 0 Å². The van der Waals surface area contributed by atoms with Gasteiger partial charge in [-0.3, -0.25) is 9.46 Å². The second kappa shape index (κ2) is 3.33. The molecule has 1 rings (SSSR count). The van der Waals surface area contributed by atoms with Crippen LogP contribution in [0.1, 0.15) is 0 Å². The number of carbonyl (C=O) groups is 1. The third kappa shape index (κ3) is 1.55. The predicted molar refractivity (Wildman–Crippen MR) is 44.7 cm³/mol. The molecule has 1 atom stereocenters. The van der Waals surface area contributed by atoms with Crippen LogP contribution in [0.15, 0.2) is 30.3 Å². The fourth-order valence-corrected chi connectivity index (χ4v) is 0.833. The molecule has 0 aliphatic heterocycles. The van der Waals surface area contributed by atoms with Crippen LogP contribution in [0.4, 0.5) is 5.69 Å². The first kappa shape index (κ1) is 7.23. The second-order valence-corrected chi connectivity index (χ2v) is 2.40. The van der Waals surface area contributed by atoms with Crippen molar-refractivity contribution in [3.05, 3.63) is 30.3 Å². The van der Waals surface area contributed by atoms with Gasteiger partial charge in [0, 0.05) is 5.69 Å². The van der Waals surface area contributed by atoms with Crippen LogP contribution in [0.2, 0.25) is 0 Å². The number of hydrogen-bond acceptors (Lipinski definition) is 1. The smallest absolute Gasteiger partial charge is 0.217 e. The van der Waals surface area contributed by atoms with Crippen LogP contribution in [-0.2, 0) is 4.79 Å². The summed E-state index contributed by atoms with van der Waals surface area (Å²) in [5.74, 6) is 0. The summed E-state index contributed by atoms with van der Waals surface area (Å²) in [6.45, 7) is 0. The number of para-hydroxylation sites is 1. The van der Waals surface area contributed by atoms with E-state index in [2.05, 4.69) is 9.39 Å². The van der Waals surface area contributed by atoms with Gasteiger partial charge >= 0.3 is 0 Å². The standard InChI is InChI=1S/C7H8NOP/c9-6-8(10)7-4-2-1-3-5-7/h1-6H,10H2. The highest BCUT2D eigenvalue weighted by molar-refractivity contribution is 7.20. The first-order valence-corrected chi connectivity index (χ1v) is 3.40. The van der Waals surface area contributed by atoms with Gasteiger partial charge < -0.3 is 0 Å². The molecule has 1 aromatic carbocycles. The maximum absolute atomic E-state index is 10.2. The molecule has 0 bridgehead atoms. The van der Waals surface area contributed by atoms with Crippen LogP contribution in [-0.4, -0.2) is 6.41 Å². The minimum atomic E-state index is 0.750. The van der Waals surface area contributed by atoms with E-state index in [4.69, 9.17) is 0 Å². The molecule has 0 radical (unpaired) electrons. The average molecular weight is 153 g/mol. The van der Waals surface area contributed by atoms with E-state index in [1.165, 1.54) is 4.67 Å². The zero-order chi connectivity index (χ0) is 7.40. The molecule has 0 aromatic heterocycles. The summed E-state index contributed by atoms with van der Waals surface area (Å²) < 4.78 is 1.44. The Balaban J connectivity index is 2.84. The van der Waals surface area contributed by atoms with Crippen molar-refractivity contribution in [3.63, 3.8) is 0 Å². The Kier molecular flexibility index (Phi) is 2.41. The lowest BCUT2D eigenvalue weighted by molar-refractivity contribution is -0.106. The lowest BCUT2D eigenvalue weighted by atomic mass is 10.3. The Morgan fingerprint density at radius 1 is 1.30 bits per heavy atom. The SMILES string of the molecule is O=CN(P)c1ccccc1. The molecule has 2 nitrogen and oxygen atoms in total. The van der Waals surface area contributed by atoms with E-state index in [1.54, 1.807) is 0 Å². The van der Waals surface area contributed by atoms with E-state index >= 15 is 0 Å². The van der Waals surface area contributed by atoms with Gasteiger partial charge in [-0.15, -0.1) is 0 Å². The normalized spacial score (nSPS) is 8.90. The Hall–Kier alpha value is -0.880. The van der Waals surface area contributed by atoms with Gasteiger partial charge in [0.2, 0.25) is 6.41 Å². The quantitative estimate of drug-likeness (QED) is 0.465. The summed E-state index contributed by atoms with van der Waals surface area (Å²) >= 11 is 0. The number of benzene rings is 1. The highest BCUT2D eigenvalue weighted by atomic mass is 31.0. The van der Waals surface area contributed by atoms with E-state index in [1.807, 2.05) is 30.3 Å². The third-order valence-electron chi connectivity index (χ3n) is 1.17. The van der Waals surface area contributed by atoms with Crippen LogP contribution >= 0.6 is 9.39 Å². The molecule has 1 aromatic rings. The molecule has 10 heavy (non-hydrogen) atoms. The van der Waals surface area contributed by atoms with Gasteiger partial charge in [-0.25, -0.2) is 0 Å². The topological polar surface area (TPSA) is 20.3 Å². The lowest BCUT2D eigenvalue weighted by Gasteiger charge is -2.08. The zero-order valence-corrected chi connectivity index (χ0v) is 6.55. The van der Waals surface area contributed by atoms with Crippen molar-refractivity contribution in [3.8, 4) is 0 Å². The van der Waals surface area contributed by atoms with Crippen molar-refractivity contribution in [2.75, 3.05) is 4.67 Å². The first-order chi connectivity index (χ1) is 4.84. The van der Waals surface area contributed by atoms with Crippen molar-refractivity contribution in [2.45, 2.75) is 0 Å². The monoisotopic (exact) mass is 153 g/mol. The van der Waals surface area contributed by atoms with E-state index in [-0.39, 0.29) is 0 Å². The van der Waals surface area contributed by atoms with Crippen LogP contribution < -0.4 is 4.67 Å². The number of nitrogens with zero attached hydrogens (tertiary/aromatic N) is 1. The number of rotatable bonds is 2. The van der Waals surface area contributed by atoms with Crippen molar-refractivity contribution in [2.24, 2.45) is 0 Å². The Morgan fingerprint density at radius 3 is 2.40 bits per heavy atom. The Bertz CT molecular complexity index is 212. The van der Waals surface area contributed by atoms with Crippen LogP contribution in [0.25, 0.3) is 0 Å². The van der Waals surface area contributed by atoms with Crippen LogP contribution in [0, 0.1) is 0 Å². The molecule has 0 saturated heterocycles. The van der Waals surface area contributed by atoms with Gasteiger partial charge in [0.15, 0.2) is 0 Å². The van der Waals surface area contributed by atoms with Crippen LogP contribution in [0.3, 0.4) is 0 Å². The molecule has 0 fully saturated rings. The summed E-state index contributed by atoms with van der Waals surface area (Å²) in [5.41, 5.74) is 0.877. The molecule has 52 valence electrons. The second-order valence-electron chi connectivity index (χ2n) is 1.85. The van der Waals surface area contributed by atoms with E-state index < -0.39 is 0 Å². The van der Waals surface area contributed by atoms with Gasteiger partial charge in [0.05, 0.1) is 0 Å². The van der Waals surface area contributed by atoms with Gasteiger partial charge in [-0.1, -0.05) is 18.2 Å². The zero-order valence-electron chi connectivity index (χ0n) is 5.40. The predicted octanol–water partition coefficient (Wildman–Crippen LogP) is 1.44. The number of amides is 1. The molecule has 0 aliphatic carbocycles. The number of carbonyl (C=O) groups excluding carboxylic acids is 1. The van der Waals surface area contributed by atoms with E-state index in [0.29, 0.717) is 0 Å². The summed E-state index contributed by atoms with van der Waals surface area (Å²) in [6.07, 6.45) is 0.750. The van der Waals surface area contributed by atoms with E-state index in [9.17, 15) is 4.79 Å². The van der Waals surface area contributed by atoms with Gasteiger partial charge in [0.1, 0.15) is 0 Å². The highest BCUT2D eigenvalue weighted by Gasteiger charge is 1.93. The highest BCUT2D eigenvalue weighted by Crippen LogP contribution is 2.13. The molecule has 1 amide bonds. The van der Waals surface area contributed by atoms with Crippen molar-refractivity contribution in [1.82, 2.24) is 0 Å². The molecule has 0 spiro atoms. The maximum Gasteiger partial charge on any atom is 0.217 e. The van der Waals surface area contributed by atoms with E-state index in [0.717, 1.165) is 12.1 Å². The minimum absolute atomic E-state index is 0.750. The van der Waals surface area contributed by atoms with Crippen molar-refractivity contribution in [1.29, 1.82) is 0 Å². The number of hydrogen-bond donors (Lipinski definition) is 0. The molecular weight excluding hydrogens is 145 g/mol. The van der Waals surface area contributed by atoms with Gasteiger partial charge in [-0.05, 0) is 21.5 Å².